The molecule has 0 fully saturated rings. The van der Waals surface area contributed by atoms with E-state index in [0.29, 0.717) is 17.6 Å². The molecule has 4 heteroatoms. The molecule has 0 radical (unpaired) electrons. The minimum atomic E-state index is -0.385. The average Bonchev–Trinajstić information content (AvgIpc) is 2.56. The van der Waals surface area contributed by atoms with Gasteiger partial charge in [-0.15, -0.1) is 0 Å². The fourth-order valence-electron chi connectivity index (χ4n) is 2.49. The molecule has 1 aromatic heterocycles. The van der Waals surface area contributed by atoms with Crippen molar-refractivity contribution in [3.05, 3.63) is 76.6 Å². The summed E-state index contributed by atoms with van der Waals surface area (Å²) in [7, 11) is 0. The highest BCUT2D eigenvalue weighted by molar-refractivity contribution is 6.05. The molecule has 0 aliphatic rings. The predicted octanol–water partition coefficient (Wildman–Crippen LogP) is 3.27. The van der Waals surface area contributed by atoms with Gasteiger partial charge in [0.2, 0.25) is 5.43 Å². The van der Waals surface area contributed by atoms with Gasteiger partial charge in [0.25, 0.3) is 5.91 Å². The van der Waals surface area contributed by atoms with Crippen molar-refractivity contribution < 1.29 is 4.79 Å². The molecule has 4 nitrogen and oxygen atoms in total. The number of aromatic nitrogens is 1. The number of fused-ring (bicyclic) bond motifs is 1. The summed E-state index contributed by atoms with van der Waals surface area (Å²) < 4.78 is 1.91. The van der Waals surface area contributed by atoms with Crippen LogP contribution in [-0.2, 0) is 6.54 Å². The van der Waals surface area contributed by atoms with Gasteiger partial charge in [0.1, 0.15) is 5.56 Å². The van der Waals surface area contributed by atoms with Gasteiger partial charge < -0.3 is 9.88 Å². The van der Waals surface area contributed by atoms with Crippen molar-refractivity contribution in [1.82, 2.24) is 4.57 Å². The number of para-hydroxylation sites is 2. The molecule has 3 rings (SSSR count). The zero-order chi connectivity index (χ0) is 15.5. The van der Waals surface area contributed by atoms with Crippen LogP contribution in [0.2, 0.25) is 0 Å². The van der Waals surface area contributed by atoms with Gasteiger partial charge in [-0.2, -0.15) is 0 Å². The van der Waals surface area contributed by atoms with Gasteiger partial charge in [0.15, 0.2) is 0 Å². The summed E-state index contributed by atoms with van der Waals surface area (Å²) in [6.07, 6.45) is 1.63. The van der Waals surface area contributed by atoms with Crippen LogP contribution in [-0.4, -0.2) is 10.5 Å². The third-order valence-electron chi connectivity index (χ3n) is 3.60. The van der Waals surface area contributed by atoms with Crippen LogP contribution in [0.4, 0.5) is 5.69 Å². The number of nitrogens with one attached hydrogen (secondary N) is 1. The maximum absolute atomic E-state index is 12.6. The number of carbonyl (C=O) groups is 1. The summed E-state index contributed by atoms with van der Waals surface area (Å²) >= 11 is 0. The SMILES string of the molecule is CCn1cc(C(=O)Nc2ccccc2)c(=O)c2ccccc21. The van der Waals surface area contributed by atoms with E-state index in [4.69, 9.17) is 0 Å². The normalized spacial score (nSPS) is 10.6. The highest BCUT2D eigenvalue weighted by Gasteiger charge is 2.14. The van der Waals surface area contributed by atoms with Gasteiger partial charge in [-0.3, -0.25) is 9.59 Å². The van der Waals surface area contributed by atoms with Gasteiger partial charge >= 0.3 is 0 Å². The Morgan fingerprint density at radius 1 is 1.05 bits per heavy atom. The molecule has 1 amide bonds. The minimum Gasteiger partial charge on any atom is -0.347 e. The predicted molar refractivity (Wildman–Crippen MR) is 88.3 cm³/mol. The molecule has 2 aromatic carbocycles. The monoisotopic (exact) mass is 292 g/mol. The Morgan fingerprint density at radius 2 is 1.73 bits per heavy atom. The lowest BCUT2D eigenvalue weighted by molar-refractivity contribution is 0.102. The first-order chi connectivity index (χ1) is 10.7. The zero-order valence-electron chi connectivity index (χ0n) is 12.2. The summed E-state index contributed by atoms with van der Waals surface area (Å²) in [5.74, 6) is -0.385. The fraction of sp³-hybridized carbons (Fsp3) is 0.111. The number of benzene rings is 2. The van der Waals surface area contributed by atoms with Crippen molar-refractivity contribution in [2.45, 2.75) is 13.5 Å². The van der Waals surface area contributed by atoms with Gasteiger partial charge in [0, 0.05) is 23.8 Å². The number of rotatable bonds is 3. The molecule has 1 heterocycles. The zero-order valence-corrected chi connectivity index (χ0v) is 12.2. The van der Waals surface area contributed by atoms with E-state index in [0.717, 1.165) is 5.52 Å². The molecule has 0 aliphatic carbocycles. The third kappa shape index (κ3) is 2.51. The Kier molecular flexibility index (Phi) is 3.74. The fourth-order valence-corrected chi connectivity index (χ4v) is 2.49. The smallest absolute Gasteiger partial charge is 0.261 e. The average molecular weight is 292 g/mol. The molecular formula is C18H16N2O2. The Labute approximate surface area is 128 Å². The molecule has 22 heavy (non-hydrogen) atoms. The van der Waals surface area contributed by atoms with Crippen molar-refractivity contribution in [3.8, 4) is 0 Å². The van der Waals surface area contributed by atoms with E-state index in [1.807, 2.05) is 47.9 Å². The number of hydrogen-bond acceptors (Lipinski definition) is 2. The highest BCUT2D eigenvalue weighted by atomic mass is 16.2. The van der Waals surface area contributed by atoms with Gasteiger partial charge in [-0.25, -0.2) is 0 Å². The number of pyridine rings is 1. The van der Waals surface area contributed by atoms with E-state index in [9.17, 15) is 9.59 Å². The second-order valence-electron chi connectivity index (χ2n) is 5.00. The number of nitrogens with zero attached hydrogens (tertiary/aromatic N) is 1. The summed E-state index contributed by atoms with van der Waals surface area (Å²) in [6.45, 7) is 2.67. The van der Waals surface area contributed by atoms with Crippen molar-refractivity contribution in [2.75, 3.05) is 5.32 Å². The van der Waals surface area contributed by atoms with Crippen LogP contribution in [0.1, 0.15) is 17.3 Å². The molecule has 0 saturated carbocycles. The van der Waals surface area contributed by atoms with Gasteiger partial charge in [-0.1, -0.05) is 30.3 Å². The number of anilines is 1. The largest absolute Gasteiger partial charge is 0.347 e. The van der Waals surface area contributed by atoms with Gasteiger partial charge in [0.05, 0.1) is 5.52 Å². The lowest BCUT2D eigenvalue weighted by Crippen LogP contribution is -2.23. The molecule has 0 unspecified atom stereocenters. The van der Waals surface area contributed by atoms with E-state index < -0.39 is 0 Å². The van der Waals surface area contributed by atoms with E-state index in [2.05, 4.69) is 5.32 Å². The molecule has 3 aromatic rings. The summed E-state index contributed by atoms with van der Waals surface area (Å²) in [4.78, 5) is 25.0. The van der Waals surface area contributed by atoms with Crippen LogP contribution < -0.4 is 10.7 Å². The second kappa shape index (κ2) is 5.85. The molecular weight excluding hydrogens is 276 g/mol. The molecule has 0 saturated heterocycles. The molecule has 0 bridgehead atoms. The van der Waals surface area contributed by atoms with E-state index >= 15 is 0 Å². The van der Waals surface area contributed by atoms with Crippen LogP contribution in [0.3, 0.4) is 0 Å². The quantitative estimate of drug-likeness (QED) is 0.805. The standard InChI is InChI=1S/C18H16N2O2/c1-2-20-12-15(17(21)14-10-6-7-11-16(14)20)18(22)19-13-8-4-3-5-9-13/h3-12H,2H2,1H3,(H,19,22). The second-order valence-corrected chi connectivity index (χ2v) is 5.00. The number of aryl methyl sites for hydroxylation is 1. The third-order valence-corrected chi connectivity index (χ3v) is 3.60. The Morgan fingerprint density at radius 3 is 2.45 bits per heavy atom. The molecule has 0 atom stereocenters. The van der Waals surface area contributed by atoms with E-state index in [-0.39, 0.29) is 16.9 Å². The first kappa shape index (κ1) is 14.1. The van der Waals surface area contributed by atoms with Crippen LogP contribution in [0, 0.1) is 0 Å². The van der Waals surface area contributed by atoms with Crippen LogP contribution in [0.25, 0.3) is 10.9 Å². The first-order valence-electron chi connectivity index (χ1n) is 7.19. The van der Waals surface area contributed by atoms with Crippen molar-refractivity contribution in [2.24, 2.45) is 0 Å². The molecule has 0 aliphatic heterocycles. The summed E-state index contributed by atoms with van der Waals surface area (Å²) in [5.41, 5.74) is 1.42. The number of amides is 1. The topological polar surface area (TPSA) is 51.1 Å². The molecule has 110 valence electrons. The Balaban J connectivity index is 2.09. The highest BCUT2D eigenvalue weighted by Crippen LogP contribution is 2.13. The molecule has 1 N–H and O–H groups in total. The number of carbonyl (C=O) groups excluding carboxylic acids is 1. The van der Waals surface area contributed by atoms with E-state index in [1.165, 1.54) is 0 Å². The van der Waals surface area contributed by atoms with E-state index in [1.54, 1.807) is 24.4 Å². The van der Waals surface area contributed by atoms with Crippen LogP contribution in [0.15, 0.2) is 65.6 Å². The molecule has 0 spiro atoms. The summed E-state index contributed by atoms with van der Waals surface area (Å²) in [5, 5.41) is 3.32. The Bertz CT molecular complexity index is 882. The van der Waals surface area contributed by atoms with Crippen LogP contribution in [0.5, 0.6) is 0 Å². The lowest BCUT2D eigenvalue weighted by Gasteiger charge is -2.11. The first-order valence-corrected chi connectivity index (χ1v) is 7.19. The Hall–Kier alpha value is -2.88. The number of hydrogen-bond donors (Lipinski definition) is 1. The van der Waals surface area contributed by atoms with Crippen molar-refractivity contribution in [1.29, 1.82) is 0 Å². The lowest BCUT2D eigenvalue weighted by atomic mass is 10.1. The van der Waals surface area contributed by atoms with Crippen molar-refractivity contribution >= 4 is 22.5 Å². The maximum Gasteiger partial charge on any atom is 0.261 e. The minimum absolute atomic E-state index is 0.157. The van der Waals surface area contributed by atoms with Gasteiger partial charge in [-0.05, 0) is 31.2 Å². The maximum atomic E-state index is 12.6. The van der Waals surface area contributed by atoms with Crippen LogP contribution >= 0.6 is 0 Å². The van der Waals surface area contributed by atoms with Crippen molar-refractivity contribution in [3.63, 3.8) is 0 Å². The summed E-state index contributed by atoms with van der Waals surface area (Å²) in [6, 6.07) is 16.5.